The number of carbonyl (C=O) groups excluding carboxylic acids is 1. The van der Waals surface area contributed by atoms with Crippen LogP contribution in [0.25, 0.3) is 0 Å². The number of nitrogens with zero attached hydrogens (tertiary/aromatic N) is 1. The molecule has 2 aromatic rings. The molecule has 0 spiro atoms. The Kier molecular flexibility index (Phi) is 6.61. The third-order valence-electron chi connectivity index (χ3n) is 3.78. The van der Waals surface area contributed by atoms with Gasteiger partial charge in [-0.2, -0.15) is 0 Å². The Morgan fingerprint density at radius 3 is 2.71 bits per heavy atom. The highest BCUT2D eigenvalue weighted by Gasteiger charge is 2.06. The van der Waals surface area contributed by atoms with E-state index in [1.165, 1.54) is 13.2 Å². The number of aromatic nitrogens is 1. The Bertz CT molecular complexity index is 771. The van der Waals surface area contributed by atoms with E-state index in [0.717, 1.165) is 15.7 Å². The summed E-state index contributed by atoms with van der Waals surface area (Å²) in [5.41, 5.74) is 1.78. The van der Waals surface area contributed by atoms with E-state index in [2.05, 4.69) is 21.2 Å². The molecule has 1 amide bonds. The van der Waals surface area contributed by atoms with Gasteiger partial charge in [-0.3, -0.25) is 9.59 Å². The van der Waals surface area contributed by atoms with Crippen LogP contribution >= 0.6 is 15.9 Å². The lowest BCUT2D eigenvalue weighted by atomic mass is 10.1. The maximum Gasteiger partial charge on any atom is 0.254 e. The molecule has 24 heavy (non-hydrogen) atoms. The monoisotopic (exact) mass is 392 g/mol. The fourth-order valence-corrected chi connectivity index (χ4v) is 2.93. The molecule has 1 aromatic carbocycles. The third kappa shape index (κ3) is 4.96. The Morgan fingerprint density at radius 1 is 1.29 bits per heavy atom. The van der Waals surface area contributed by atoms with Crippen LogP contribution in [0, 0.1) is 6.92 Å². The van der Waals surface area contributed by atoms with Gasteiger partial charge in [0.15, 0.2) is 0 Å². The van der Waals surface area contributed by atoms with Gasteiger partial charge in [0.05, 0.1) is 7.11 Å². The molecule has 5 nitrogen and oxygen atoms in total. The van der Waals surface area contributed by atoms with Gasteiger partial charge in [0.1, 0.15) is 5.75 Å². The minimum Gasteiger partial charge on any atom is -0.496 e. The first-order valence-electron chi connectivity index (χ1n) is 7.77. The second kappa shape index (κ2) is 8.68. The number of ether oxygens (including phenoxy) is 1. The summed E-state index contributed by atoms with van der Waals surface area (Å²) >= 11 is 3.48. The summed E-state index contributed by atoms with van der Waals surface area (Å²) in [6.07, 6.45) is 1.09. The molecule has 1 heterocycles. The number of nitrogens with one attached hydrogen (secondary N) is 1. The van der Waals surface area contributed by atoms with Crippen molar-refractivity contribution in [2.24, 2.45) is 0 Å². The van der Waals surface area contributed by atoms with Crippen LogP contribution < -0.4 is 15.6 Å². The molecule has 2 rings (SSSR count). The maximum absolute atomic E-state index is 12.0. The number of hydrogen-bond acceptors (Lipinski definition) is 3. The number of benzene rings is 1. The smallest absolute Gasteiger partial charge is 0.254 e. The van der Waals surface area contributed by atoms with Crippen molar-refractivity contribution in [3.63, 3.8) is 0 Å². The van der Waals surface area contributed by atoms with Crippen molar-refractivity contribution in [2.75, 3.05) is 13.7 Å². The predicted octanol–water partition coefficient (Wildman–Crippen LogP) is 2.68. The molecule has 128 valence electrons. The van der Waals surface area contributed by atoms with Gasteiger partial charge in [0.2, 0.25) is 5.91 Å². The van der Waals surface area contributed by atoms with Crippen LogP contribution in [-0.2, 0) is 17.8 Å². The Balaban J connectivity index is 1.83. The number of hydrogen-bond donors (Lipinski definition) is 1. The lowest BCUT2D eigenvalue weighted by Gasteiger charge is -2.12. The lowest BCUT2D eigenvalue weighted by molar-refractivity contribution is -0.121. The molecular formula is C18H21BrN2O3. The second-order valence-electron chi connectivity index (χ2n) is 5.47. The van der Waals surface area contributed by atoms with Crippen LogP contribution in [0.1, 0.15) is 17.7 Å². The van der Waals surface area contributed by atoms with Crippen molar-refractivity contribution >= 4 is 21.8 Å². The predicted molar refractivity (Wildman–Crippen MR) is 97.5 cm³/mol. The third-order valence-corrected chi connectivity index (χ3v) is 4.55. The summed E-state index contributed by atoms with van der Waals surface area (Å²) < 4.78 is 7.70. The molecule has 0 aliphatic carbocycles. The first kappa shape index (κ1) is 18.3. The number of pyridine rings is 1. The summed E-state index contributed by atoms with van der Waals surface area (Å²) in [6, 6.07) is 11.1. The molecule has 0 aliphatic heterocycles. The molecule has 0 saturated carbocycles. The normalized spacial score (nSPS) is 10.5. The van der Waals surface area contributed by atoms with Gasteiger partial charge in [-0.1, -0.05) is 34.1 Å². The second-order valence-corrected chi connectivity index (χ2v) is 6.32. The Hall–Kier alpha value is -2.08. The fourth-order valence-electron chi connectivity index (χ4n) is 2.45. The van der Waals surface area contributed by atoms with Gasteiger partial charge in [0, 0.05) is 35.7 Å². The van der Waals surface area contributed by atoms with E-state index >= 15 is 0 Å². The van der Waals surface area contributed by atoms with Crippen LogP contribution in [0.4, 0.5) is 0 Å². The van der Waals surface area contributed by atoms with Gasteiger partial charge >= 0.3 is 0 Å². The topological polar surface area (TPSA) is 60.3 Å². The highest BCUT2D eigenvalue weighted by Crippen LogP contribution is 2.17. The molecule has 0 unspecified atom stereocenters. The molecule has 1 N–H and O–H groups in total. The standard InChI is InChI=1S/C18H21BrN2O3/c1-13-11-15(24-2)12-18(23)21(13)10-9-20-17(22)8-7-14-5-3-4-6-16(14)19/h3-6,11-12H,7-10H2,1-2H3,(H,20,22). The minimum absolute atomic E-state index is 0.0232. The number of amides is 1. The summed E-state index contributed by atoms with van der Waals surface area (Å²) in [5, 5.41) is 2.86. The minimum atomic E-state index is -0.130. The average Bonchev–Trinajstić information content (AvgIpc) is 2.56. The van der Waals surface area contributed by atoms with E-state index in [1.807, 2.05) is 31.2 Å². The number of carbonyl (C=O) groups is 1. The van der Waals surface area contributed by atoms with Gasteiger partial charge in [-0.05, 0) is 31.0 Å². The number of aryl methyl sites for hydroxylation is 2. The largest absolute Gasteiger partial charge is 0.496 e. The van der Waals surface area contributed by atoms with Gasteiger partial charge < -0.3 is 14.6 Å². The highest BCUT2D eigenvalue weighted by molar-refractivity contribution is 9.10. The molecule has 0 radical (unpaired) electrons. The van der Waals surface area contributed by atoms with E-state index in [4.69, 9.17) is 4.74 Å². The average molecular weight is 393 g/mol. The van der Waals surface area contributed by atoms with Crippen molar-refractivity contribution in [2.45, 2.75) is 26.3 Å². The number of methoxy groups -OCH3 is 1. The van der Waals surface area contributed by atoms with Crippen molar-refractivity contribution in [3.8, 4) is 5.75 Å². The van der Waals surface area contributed by atoms with Crippen LogP contribution in [0.15, 0.2) is 45.7 Å². The van der Waals surface area contributed by atoms with Crippen molar-refractivity contribution in [1.82, 2.24) is 9.88 Å². The number of halogens is 1. The van der Waals surface area contributed by atoms with Crippen LogP contribution in [-0.4, -0.2) is 24.1 Å². The molecule has 0 fully saturated rings. The maximum atomic E-state index is 12.0. The summed E-state index contributed by atoms with van der Waals surface area (Å²) in [5.74, 6) is 0.524. The molecular weight excluding hydrogens is 372 g/mol. The zero-order valence-electron chi connectivity index (χ0n) is 13.8. The van der Waals surface area contributed by atoms with Crippen LogP contribution in [0.3, 0.4) is 0 Å². The zero-order valence-corrected chi connectivity index (χ0v) is 15.4. The van der Waals surface area contributed by atoms with E-state index in [-0.39, 0.29) is 11.5 Å². The Labute approximate surface area is 149 Å². The van der Waals surface area contributed by atoms with E-state index in [1.54, 1.807) is 10.6 Å². The van der Waals surface area contributed by atoms with Crippen LogP contribution in [0.2, 0.25) is 0 Å². The zero-order chi connectivity index (χ0) is 17.5. The van der Waals surface area contributed by atoms with E-state index in [9.17, 15) is 9.59 Å². The first-order chi connectivity index (χ1) is 11.5. The van der Waals surface area contributed by atoms with Crippen molar-refractivity contribution in [1.29, 1.82) is 0 Å². The van der Waals surface area contributed by atoms with Crippen LogP contribution in [0.5, 0.6) is 5.75 Å². The molecule has 6 heteroatoms. The van der Waals surface area contributed by atoms with Gasteiger partial charge in [-0.15, -0.1) is 0 Å². The van der Waals surface area contributed by atoms with Gasteiger partial charge in [-0.25, -0.2) is 0 Å². The Morgan fingerprint density at radius 2 is 2.04 bits per heavy atom. The number of rotatable bonds is 7. The molecule has 0 aliphatic rings. The lowest BCUT2D eigenvalue weighted by Crippen LogP contribution is -2.31. The van der Waals surface area contributed by atoms with E-state index < -0.39 is 0 Å². The summed E-state index contributed by atoms with van der Waals surface area (Å²) in [7, 11) is 1.53. The fraction of sp³-hybridized carbons (Fsp3) is 0.333. The summed E-state index contributed by atoms with van der Waals surface area (Å²) in [4.78, 5) is 24.0. The first-order valence-corrected chi connectivity index (χ1v) is 8.56. The molecule has 0 atom stereocenters. The van der Waals surface area contributed by atoms with Crippen molar-refractivity contribution in [3.05, 3.63) is 62.5 Å². The molecule has 0 saturated heterocycles. The SMILES string of the molecule is COc1cc(C)n(CCNC(=O)CCc2ccccc2Br)c(=O)c1. The quantitative estimate of drug-likeness (QED) is 0.787. The van der Waals surface area contributed by atoms with Gasteiger partial charge in [0.25, 0.3) is 5.56 Å². The molecule has 0 bridgehead atoms. The molecule has 1 aromatic heterocycles. The summed E-state index contributed by atoms with van der Waals surface area (Å²) in [6.45, 7) is 2.70. The van der Waals surface area contributed by atoms with Crippen molar-refractivity contribution < 1.29 is 9.53 Å². The highest BCUT2D eigenvalue weighted by atomic mass is 79.9. The van der Waals surface area contributed by atoms with E-state index in [0.29, 0.717) is 31.7 Å².